The number of halogens is 1. The first-order valence-electron chi connectivity index (χ1n) is 5.88. The topological polar surface area (TPSA) is 34.4 Å². The van der Waals surface area contributed by atoms with Crippen LogP contribution in [0.2, 0.25) is 0 Å². The van der Waals surface area contributed by atoms with E-state index in [1.165, 1.54) is 6.07 Å². The predicted molar refractivity (Wildman–Crippen MR) is 70.7 cm³/mol. The SMILES string of the molecule is Cc1cc(-c2cn3cccc(C=O)c3n2)ccc1F. The van der Waals surface area contributed by atoms with E-state index in [0.717, 1.165) is 17.5 Å². The fourth-order valence-corrected chi connectivity index (χ4v) is 2.07. The van der Waals surface area contributed by atoms with Crippen LogP contribution in [0.4, 0.5) is 4.39 Å². The van der Waals surface area contributed by atoms with E-state index in [9.17, 15) is 9.18 Å². The highest BCUT2D eigenvalue weighted by Crippen LogP contribution is 2.22. The summed E-state index contributed by atoms with van der Waals surface area (Å²) in [7, 11) is 0. The van der Waals surface area contributed by atoms with Gasteiger partial charge in [0.25, 0.3) is 0 Å². The third-order valence-electron chi connectivity index (χ3n) is 3.09. The molecule has 2 heterocycles. The van der Waals surface area contributed by atoms with Gasteiger partial charge in [-0.05, 0) is 42.8 Å². The van der Waals surface area contributed by atoms with Crippen LogP contribution in [0.1, 0.15) is 15.9 Å². The van der Waals surface area contributed by atoms with Crippen molar-refractivity contribution < 1.29 is 9.18 Å². The number of hydrogen-bond donors (Lipinski definition) is 0. The Morgan fingerprint density at radius 3 is 2.89 bits per heavy atom. The summed E-state index contributed by atoms with van der Waals surface area (Å²) < 4.78 is 15.1. The van der Waals surface area contributed by atoms with Crippen LogP contribution in [-0.4, -0.2) is 15.7 Å². The molecule has 0 aliphatic carbocycles. The van der Waals surface area contributed by atoms with Crippen molar-refractivity contribution in [3.8, 4) is 11.3 Å². The highest BCUT2D eigenvalue weighted by Gasteiger charge is 2.08. The van der Waals surface area contributed by atoms with Gasteiger partial charge in [-0.25, -0.2) is 9.37 Å². The van der Waals surface area contributed by atoms with Gasteiger partial charge in [0.05, 0.1) is 11.3 Å². The second kappa shape index (κ2) is 4.31. The molecule has 1 aromatic carbocycles. The Morgan fingerprint density at radius 1 is 1.32 bits per heavy atom. The number of aromatic nitrogens is 2. The van der Waals surface area contributed by atoms with Crippen LogP contribution in [0.5, 0.6) is 0 Å². The smallest absolute Gasteiger partial charge is 0.153 e. The largest absolute Gasteiger partial charge is 0.306 e. The van der Waals surface area contributed by atoms with Crippen molar-refractivity contribution in [1.29, 1.82) is 0 Å². The minimum atomic E-state index is -0.235. The maximum atomic E-state index is 13.3. The van der Waals surface area contributed by atoms with Crippen molar-refractivity contribution in [2.45, 2.75) is 6.92 Å². The fraction of sp³-hybridized carbons (Fsp3) is 0.0667. The molecule has 0 spiro atoms. The molecule has 3 nitrogen and oxygen atoms in total. The van der Waals surface area contributed by atoms with Gasteiger partial charge in [0.15, 0.2) is 6.29 Å². The van der Waals surface area contributed by atoms with E-state index in [2.05, 4.69) is 4.98 Å². The Bertz CT molecular complexity index is 777. The molecule has 0 radical (unpaired) electrons. The van der Waals surface area contributed by atoms with Gasteiger partial charge in [-0.3, -0.25) is 4.79 Å². The number of hydrogen-bond acceptors (Lipinski definition) is 2. The lowest BCUT2D eigenvalue weighted by Gasteiger charge is -1.99. The third kappa shape index (κ3) is 1.91. The summed E-state index contributed by atoms with van der Waals surface area (Å²) in [5.41, 5.74) is 3.27. The van der Waals surface area contributed by atoms with Crippen molar-refractivity contribution in [2.24, 2.45) is 0 Å². The van der Waals surface area contributed by atoms with E-state index < -0.39 is 0 Å². The molecule has 94 valence electrons. The van der Waals surface area contributed by atoms with Gasteiger partial charge in [-0.1, -0.05) is 0 Å². The van der Waals surface area contributed by atoms with E-state index in [-0.39, 0.29) is 5.82 Å². The number of aryl methyl sites for hydroxylation is 1. The average molecular weight is 254 g/mol. The molecule has 3 aromatic rings. The molecule has 0 fully saturated rings. The van der Waals surface area contributed by atoms with Crippen molar-refractivity contribution in [1.82, 2.24) is 9.38 Å². The number of fused-ring (bicyclic) bond motifs is 1. The number of pyridine rings is 1. The van der Waals surface area contributed by atoms with Crippen molar-refractivity contribution in [2.75, 3.05) is 0 Å². The zero-order valence-corrected chi connectivity index (χ0v) is 10.3. The lowest BCUT2D eigenvalue weighted by atomic mass is 10.1. The maximum Gasteiger partial charge on any atom is 0.153 e. The lowest BCUT2D eigenvalue weighted by molar-refractivity contribution is 0.112. The van der Waals surface area contributed by atoms with Crippen molar-refractivity contribution >= 4 is 11.9 Å². The summed E-state index contributed by atoms with van der Waals surface area (Å²) in [4.78, 5) is 15.4. The van der Waals surface area contributed by atoms with Gasteiger partial charge in [0, 0.05) is 18.0 Å². The molecule has 3 rings (SSSR count). The number of imidazole rings is 1. The van der Waals surface area contributed by atoms with Crippen LogP contribution in [0.3, 0.4) is 0 Å². The molecular weight excluding hydrogens is 243 g/mol. The number of carbonyl (C=O) groups is 1. The Hall–Kier alpha value is -2.49. The number of nitrogens with zero attached hydrogens (tertiary/aromatic N) is 2. The maximum absolute atomic E-state index is 13.3. The predicted octanol–water partition coefficient (Wildman–Crippen LogP) is 3.26. The quantitative estimate of drug-likeness (QED) is 0.658. The molecule has 0 N–H and O–H groups in total. The van der Waals surface area contributed by atoms with E-state index in [1.54, 1.807) is 35.6 Å². The van der Waals surface area contributed by atoms with Crippen LogP contribution in [0.15, 0.2) is 42.7 Å². The van der Waals surface area contributed by atoms with Crippen molar-refractivity contribution in [3.63, 3.8) is 0 Å². The normalized spacial score (nSPS) is 10.8. The van der Waals surface area contributed by atoms with Crippen LogP contribution in [0, 0.1) is 12.7 Å². The Labute approximate surface area is 109 Å². The van der Waals surface area contributed by atoms with Gasteiger partial charge in [0.2, 0.25) is 0 Å². The first kappa shape index (κ1) is 11.6. The molecule has 2 aromatic heterocycles. The van der Waals surface area contributed by atoms with Crippen molar-refractivity contribution in [3.05, 3.63) is 59.7 Å². The standard InChI is InChI=1S/C15H11FN2O/c1-10-7-11(4-5-13(10)16)14-8-18-6-2-3-12(9-19)15(18)17-14/h2-9H,1H3. The first-order valence-corrected chi connectivity index (χ1v) is 5.88. The Balaban J connectivity index is 2.20. The number of rotatable bonds is 2. The molecule has 4 heteroatoms. The molecule has 0 unspecified atom stereocenters. The summed E-state index contributed by atoms with van der Waals surface area (Å²) >= 11 is 0. The van der Waals surface area contributed by atoms with E-state index >= 15 is 0 Å². The second-order valence-electron chi connectivity index (χ2n) is 4.40. The Kier molecular flexibility index (Phi) is 2.63. The Morgan fingerprint density at radius 2 is 2.16 bits per heavy atom. The summed E-state index contributed by atoms with van der Waals surface area (Å²) in [5, 5.41) is 0. The monoisotopic (exact) mass is 254 g/mol. The van der Waals surface area contributed by atoms with Crippen LogP contribution >= 0.6 is 0 Å². The fourth-order valence-electron chi connectivity index (χ4n) is 2.07. The summed E-state index contributed by atoms with van der Waals surface area (Å²) in [6.45, 7) is 1.71. The van der Waals surface area contributed by atoms with Gasteiger partial charge >= 0.3 is 0 Å². The summed E-state index contributed by atoms with van der Waals surface area (Å²) in [6, 6.07) is 8.37. The molecule has 0 saturated heterocycles. The zero-order chi connectivity index (χ0) is 13.4. The number of carbonyl (C=O) groups excluding carboxylic acids is 1. The molecule has 0 atom stereocenters. The highest BCUT2D eigenvalue weighted by molar-refractivity contribution is 5.85. The molecule has 0 aliphatic rings. The molecule has 19 heavy (non-hydrogen) atoms. The molecule has 0 saturated carbocycles. The average Bonchev–Trinajstić information content (AvgIpc) is 2.85. The minimum absolute atomic E-state index is 0.235. The van der Waals surface area contributed by atoms with Gasteiger partial charge in [-0.15, -0.1) is 0 Å². The summed E-state index contributed by atoms with van der Waals surface area (Å²) in [6.07, 6.45) is 4.44. The highest BCUT2D eigenvalue weighted by atomic mass is 19.1. The number of benzene rings is 1. The van der Waals surface area contributed by atoms with E-state index in [1.807, 2.05) is 12.4 Å². The second-order valence-corrected chi connectivity index (χ2v) is 4.40. The molecular formula is C15H11FN2O. The van der Waals surface area contributed by atoms with Gasteiger partial charge in [-0.2, -0.15) is 0 Å². The lowest BCUT2D eigenvalue weighted by Crippen LogP contribution is -1.88. The van der Waals surface area contributed by atoms with Gasteiger partial charge in [0.1, 0.15) is 11.5 Å². The van der Waals surface area contributed by atoms with Gasteiger partial charge < -0.3 is 4.40 Å². The minimum Gasteiger partial charge on any atom is -0.306 e. The van der Waals surface area contributed by atoms with Crippen LogP contribution in [0.25, 0.3) is 16.9 Å². The number of aldehydes is 1. The van der Waals surface area contributed by atoms with Crippen LogP contribution in [-0.2, 0) is 0 Å². The first-order chi connectivity index (χ1) is 9.19. The molecule has 0 bridgehead atoms. The zero-order valence-electron chi connectivity index (χ0n) is 10.3. The van der Waals surface area contributed by atoms with E-state index in [0.29, 0.717) is 16.8 Å². The molecule has 0 amide bonds. The van der Waals surface area contributed by atoms with E-state index in [4.69, 9.17) is 0 Å². The molecule has 0 aliphatic heterocycles. The van der Waals surface area contributed by atoms with Crippen LogP contribution < -0.4 is 0 Å². The summed E-state index contributed by atoms with van der Waals surface area (Å²) in [5.74, 6) is -0.235. The third-order valence-corrected chi connectivity index (χ3v) is 3.09.